The van der Waals surface area contributed by atoms with Gasteiger partial charge in [-0.3, -0.25) is 14.5 Å². The Morgan fingerprint density at radius 1 is 1.50 bits per heavy atom. The molecule has 2 unspecified atom stereocenters. The Morgan fingerprint density at radius 3 is 2.75 bits per heavy atom. The van der Waals surface area contributed by atoms with Crippen molar-refractivity contribution >= 4 is 11.8 Å². The zero-order valence-electron chi connectivity index (χ0n) is 10.4. The van der Waals surface area contributed by atoms with Crippen molar-refractivity contribution in [2.45, 2.75) is 39.7 Å². The average Bonchev–Trinajstić information content (AvgIpc) is 2.28. The van der Waals surface area contributed by atoms with E-state index in [-0.39, 0.29) is 23.7 Å². The smallest absolute Gasteiger partial charge is 0.323 e. The van der Waals surface area contributed by atoms with E-state index in [2.05, 4.69) is 0 Å². The van der Waals surface area contributed by atoms with Gasteiger partial charge in [0, 0.05) is 12.5 Å². The normalized spacial score (nSPS) is 23.8. The van der Waals surface area contributed by atoms with E-state index in [0.29, 0.717) is 13.2 Å². The third-order valence-electron chi connectivity index (χ3n) is 3.20. The molecule has 1 saturated heterocycles. The first kappa shape index (κ1) is 13.2. The van der Waals surface area contributed by atoms with Gasteiger partial charge in [0.2, 0.25) is 0 Å². The van der Waals surface area contributed by atoms with Crippen LogP contribution in [0, 0.1) is 5.92 Å². The van der Waals surface area contributed by atoms with Crippen molar-refractivity contribution in [1.29, 1.82) is 0 Å². The number of carbonyl (C=O) groups excluding carboxylic acids is 2. The van der Waals surface area contributed by atoms with Gasteiger partial charge >= 0.3 is 5.97 Å². The van der Waals surface area contributed by atoms with Gasteiger partial charge in [0.25, 0.3) is 0 Å². The first-order chi connectivity index (χ1) is 7.56. The van der Waals surface area contributed by atoms with Crippen LogP contribution in [0.25, 0.3) is 0 Å². The Kier molecular flexibility index (Phi) is 4.93. The largest absolute Gasteiger partial charge is 0.465 e. The third-order valence-corrected chi connectivity index (χ3v) is 3.20. The Bertz CT molecular complexity index is 265. The number of hydrogen-bond donors (Lipinski definition) is 0. The quantitative estimate of drug-likeness (QED) is 0.678. The third kappa shape index (κ3) is 3.30. The molecule has 1 aliphatic rings. The van der Waals surface area contributed by atoms with Crippen molar-refractivity contribution in [3.63, 3.8) is 0 Å². The second-order valence-electron chi connectivity index (χ2n) is 4.37. The van der Waals surface area contributed by atoms with E-state index in [1.165, 1.54) is 0 Å². The van der Waals surface area contributed by atoms with Gasteiger partial charge in [-0.05, 0) is 40.2 Å². The Labute approximate surface area is 96.9 Å². The molecule has 0 aromatic rings. The fraction of sp³-hybridized carbons (Fsp3) is 0.833. The molecule has 16 heavy (non-hydrogen) atoms. The number of hydrogen-bond acceptors (Lipinski definition) is 4. The molecule has 0 N–H and O–H groups in total. The molecular weight excluding hydrogens is 206 g/mol. The average molecular weight is 227 g/mol. The van der Waals surface area contributed by atoms with E-state index in [1.807, 2.05) is 11.8 Å². The number of ketones is 1. The highest BCUT2D eigenvalue weighted by Crippen LogP contribution is 2.19. The van der Waals surface area contributed by atoms with Crippen LogP contribution in [0.5, 0.6) is 0 Å². The number of esters is 1. The highest BCUT2D eigenvalue weighted by Gasteiger charge is 2.29. The minimum absolute atomic E-state index is 0.0885. The van der Waals surface area contributed by atoms with Crippen LogP contribution in [-0.4, -0.2) is 42.4 Å². The van der Waals surface area contributed by atoms with Crippen molar-refractivity contribution in [2.24, 2.45) is 5.92 Å². The molecule has 1 rings (SSSR count). The summed E-state index contributed by atoms with van der Waals surface area (Å²) in [5, 5.41) is 0. The van der Waals surface area contributed by atoms with Crippen molar-refractivity contribution in [3.8, 4) is 0 Å². The lowest BCUT2D eigenvalue weighted by molar-refractivity contribution is -0.150. The van der Waals surface area contributed by atoms with E-state index in [9.17, 15) is 9.59 Å². The van der Waals surface area contributed by atoms with Crippen LogP contribution in [0.1, 0.15) is 33.6 Å². The number of ether oxygens (including phenoxy) is 1. The molecule has 92 valence electrons. The predicted molar refractivity (Wildman–Crippen MR) is 61.1 cm³/mol. The molecule has 4 heteroatoms. The summed E-state index contributed by atoms with van der Waals surface area (Å²) in [5.74, 6) is 0.123. The molecule has 0 amide bonds. The maximum absolute atomic E-state index is 11.6. The fourth-order valence-corrected chi connectivity index (χ4v) is 2.10. The topological polar surface area (TPSA) is 46.6 Å². The fourth-order valence-electron chi connectivity index (χ4n) is 2.10. The summed E-state index contributed by atoms with van der Waals surface area (Å²) in [6, 6.07) is -0.234. The minimum atomic E-state index is -0.234. The minimum Gasteiger partial charge on any atom is -0.465 e. The van der Waals surface area contributed by atoms with E-state index in [4.69, 9.17) is 4.74 Å². The second-order valence-corrected chi connectivity index (χ2v) is 4.37. The van der Waals surface area contributed by atoms with Crippen molar-refractivity contribution < 1.29 is 14.3 Å². The summed E-state index contributed by atoms with van der Waals surface area (Å²) >= 11 is 0. The van der Waals surface area contributed by atoms with E-state index < -0.39 is 0 Å². The van der Waals surface area contributed by atoms with Crippen LogP contribution >= 0.6 is 0 Å². The number of Topliss-reactive ketones (excluding diaryl/α,β-unsaturated/α-hetero) is 1. The lowest BCUT2D eigenvalue weighted by Gasteiger charge is -2.34. The number of likely N-dealkylation sites (tertiary alicyclic amines) is 1. The van der Waals surface area contributed by atoms with Crippen LogP contribution in [0.2, 0.25) is 0 Å². The molecule has 0 radical (unpaired) electrons. The standard InChI is InChI=1S/C12H21NO3/c1-4-16-12(15)9(2)13-7-5-6-11(8-13)10(3)14/h9,11H,4-8H2,1-3H3. The molecule has 0 aromatic carbocycles. The van der Waals surface area contributed by atoms with Crippen LogP contribution in [-0.2, 0) is 14.3 Å². The van der Waals surface area contributed by atoms with Crippen molar-refractivity contribution in [3.05, 3.63) is 0 Å². The molecule has 0 aliphatic carbocycles. The Balaban J connectivity index is 2.52. The van der Waals surface area contributed by atoms with E-state index in [1.54, 1.807) is 13.8 Å². The van der Waals surface area contributed by atoms with E-state index in [0.717, 1.165) is 19.4 Å². The van der Waals surface area contributed by atoms with Gasteiger partial charge in [-0.15, -0.1) is 0 Å². The molecule has 1 heterocycles. The van der Waals surface area contributed by atoms with Gasteiger partial charge in [-0.1, -0.05) is 0 Å². The van der Waals surface area contributed by atoms with Crippen molar-refractivity contribution in [1.82, 2.24) is 4.90 Å². The first-order valence-electron chi connectivity index (χ1n) is 5.97. The van der Waals surface area contributed by atoms with Crippen molar-refractivity contribution in [2.75, 3.05) is 19.7 Å². The first-order valence-corrected chi connectivity index (χ1v) is 5.97. The van der Waals surface area contributed by atoms with Crippen LogP contribution in [0.15, 0.2) is 0 Å². The lowest BCUT2D eigenvalue weighted by Crippen LogP contribution is -2.47. The second kappa shape index (κ2) is 5.99. The summed E-state index contributed by atoms with van der Waals surface area (Å²) in [4.78, 5) is 24.9. The molecule has 4 nitrogen and oxygen atoms in total. The molecule has 1 aliphatic heterocycles. The molecule has 0 aromatic heterocycles. The molecule has 1 fully saturated rings. The van der Waals surface area contributed by atoms with Gasteiger partial charge in [0.15, 0.2) is 0 Å². The monoisotopic (exact) mass is 227 g/mol. The number of carbonyl (C=O) groups is 2. The molecular formula is C12H21NO3. The van der Waals surface area contributed by atoms with Gasteiger partial charge in [0.1, 0.15) is 11.8 Å². The Morgan fingerprint density at radius 2 is 2.19 bits per heavy atom. The highest BCUT2D eigenvalue weighted by molar-refractivity contribution is 5.79. The summed E-state index contributed by atoms with van der Waals surface area (Å²) < 4.78 is 4.99. The Hall–Kier alpha value is -0.900. The molecule has 0 spiro atoms. The van der Waals surface area contributed by atoms with Crippen LogP contribution in [0.3, 0.4) is 0 Å². The van der Waals surface area contributed by atoms with Crippen LogP contribution in [0.4, 0.5) is 0 Å². The molecule has 0 saturated carbocycles. The zero-order chi connectivity index (χ0) is 12.1. The van der Waals surface area contributed by atoms with Gasteiger partial charge in [0.05, 0.1) is 6.61 Å². The predicted octanol–water partition coefficient (Wildman–Crippen LogP) is 1.24. The van der Waals surface area contributed by atoms with Crippen LogP contribution < -0.4 is 0 Å². The zero-order valence-corrected chi connectivity index (χ0v) is 10.4. The lowest BCUT2D eigenvalue weighted by atomic mass is 9.94. The number of rotatable bonds is 4. The van der Waals surface area contributed by atoms with Gasteiger partial charge in [-0.25, -0.2) is 0 Å². The maximum Gasteiger partial charge on any atom is 0.323 e. The summed E-state index contributed by atoms with van der Waals surface area (Å²) in [7, 11) is 0. The maximum atomic E-state index is 11.6. The van der Waals surface area contributed by atoms with Gasteiger partial charge in [-0.2, -0.15) is 0 Å². The SMILES string of the molecule is CCOC(=O)C(C)N1CCCC(C(C)=O)C1. The molecule has 2 atom stereocenters. The number of piperidine rings is 1. The van der Waals surface area contributed by atoms with E-state index >= 15 is 0 Å². The summed E-state index contributed by atoms with van der Waals surface area (Å²) in [6.45, 7) is 7.26. The van der Waals surface area contributed by atoms with Gasteiger partial charge < -0.3 is 4.74 Å². The highest BCUT2D eigenvalue weighted by atomic mass is 16.5. The molecule has 0 bridgehead atoms. The summed E-state index contributed by atoms with van der Waals surface area (Å²) in [6.07, 6.45) is 1.93. The number of nitrogens with zero attached hydrogens (tertiary/aromatic N) is 1. The summed E-state index contributed by atoms with van der Waals surface area (Å²) in [5.41, 5.74) is 0.